The zero-order valence-corrected chi connectivity index (χ0v) is 33.2. The molecule has 0 N–H and O–H groups in total. The van der Waals surface area contributed by atoms with Crippen LogP contribution in [0.25, 0.3) is 10.1 Å². The van der Waals surface area contributed by atoms with Crippen LogP contribution < -0.4 is 45.1 Å². The first kappa shape index (κ1) is 33.5. The van der Waals surface area contributed by atoms with Gasteiger partial charge in [0.05, 0.1) is 16.4 Å². The number of fused-ring (bicyclic) bond motifs is 8. The first-order valence-corrected chi connectivity index (χ1v) is 19.9. The SMILES string of the molecule is Cc1cc(C(C)(C)C)cc(C)c1N1c2cccc3c2B(c2cc4c(cc2N3c2ccc3c(c2)OCCO3)OCCO4)c2c1sc1ccc(C(C)(C)C)cc21. The molecule has 10 rings (SSSR count). The first-order valence-electron chi connectivity index (χ1n) is 19.1. The van der Waals surface area contributed by atoms with E-state index in [1.807, 2.05) is 17.4 Å². The molecule has 0 saturated heterocycles. The summed E-state index contributed by atoms with van der Waals surface area (Å²) in [5.74, 6) is 3.11. The van der Waals surface area contributed by atoms with Crippen LogP contribution in [0.15, 0.2) is 78.9 Å². The van der Waals surface area contributed by atoms with E-state index in [1.54, 1.807) is 0 Å². The molecule has 0 fully saturated rings. The minimum atomic E-state index is -0.0415. The molecule has 0 saturated carbocycles. The van der Waals surface area contributed by atoms with Gasteiger partial charge in [-0.1, -0.05) is 71.9 Å². The third kappa shape index (κ3) is 4.98. The lowest BCUT2D eigenvalue weighted by Crippen LogP contribution is -2.61. The summed E-state index contributed by atoms with van der Waals surface area (Å²) in [5, 5.41) is 2.59. The minimum absolute atomic E-state index is 0.000150. The van der Waals surface area contributed by atoms with E-state index in [4.69, 9.17) is 18.9 Å². The minimum Gasteiger partial charge on any atom is -0.486 e. The van der Waals surface area contributed by atoms with Gasteiger partial charge in [-0.25, -0.2) is 0 Å². The van der Waals surface area contributed by atoms with Gasteiger partial charge in [-0.15, -0.1) is 11.3 Å². The Kier molecular flexibility index (Phi) is 7.26. The summed E-state index contributed by atoms with van der Waals surface area (Å²) in [6.45, 7) is 20.5. The maximum absolute atomic E-state index is 6.33. The highest BCUT2D eigenvalue weighted by Crippen LogP contribution is 2.51. The number of benzene rings is 5. The Labute approximate surface area is 322 Å². The van der Waals surface area contributed by atoms with E-state index in [0.717, 1.165) is 40.1 Å². The van der Waals surface area contributed by atoms with Crippen LogP contribution in [0, 0.1) is 13.8 Å². The number of hydrogen-bond acceptors (Lipinski definition) is 7. The second kappa shape index (κ2) is 11.7. The molecule has 0 spiro atoms. The predicted molar refractivity (Wildman–Crippen MR) is 225 cm³/mol. The largest absolute Gasteiger partial charge is 0.486 e. The molecule has 6 aromatic rings. The van der Waals surface area contributed by atoms with Crippen molar-refractivity contribution in [3.63, 3.8) is 0 Å². The van der Waals surface area contributed by atoms with Crippen LogP contribution in [-0.2, 0) is 10.8 Å². The molecule has 0 amide bonds. The van der Waals surface area contributed by atoms with Gasteiger partial charge in [0.2, 0.25) is 0 Å². The van der Waals surface area contributed by atoms with E-state index in [2.05, 4.69) is 138 Å². The molecular formula is C46H45BN2O4S. The van der Waals surface area contributed by atoms with Crippen LogP contribution in [0.4, 0.5) is 33.4 Å². The molecule has 54 heavy (non-hydrogen) atoms. The van der Waals surface area contributed by atoms with Crippen molar-refractivity contribution in [3.05, 3.63) is 101 Å². The highest BCUT2D eigenvalue weighted by molar-refractivity contribution is 7.26. The normalized spacial score (nSPS) is 15.6. The molecule has 0 atom stereocenters. The van der Waals surface area contributed by atoms with Crippen molar-refractivity contribution in [2.45, 2.75) is 66.2 Å². The molecule has 5 heterocycles. The Balaban J connectivity index is 1.31. The fourth-order valence-electron chi connectivity index (χ4n) is 8.87. The van der Waals surface area contributed by atoms with E-state index in [1.165, 1.54) is 65.1 Å². The summed E-state index contributed by atoms with van der Waals surface area (Å²) in [6, 6.07) is 29.5. The maximum Gasteiger partial charge on any atom is 0.254 e. The maximum atomic E-state index is 6.33. The second-order valence-corrected chi connectivity index (χ2v) is 18.2. The van der Waals surface area contributed by atoms with Gasteiger partial charge in [0, 0.05) is 33.9 Å². The van der Waals surface area contributed by atoms with Crippen molar-refractivity contribution in [1.82, 2.24) is 0 Å². The summed E-state index contributed by atoms with van der Waals surface area (Å²) in [5.41, 5.74) is 14.8. The number of thiophene rings is 1. The van der Waals surface area contributed by atoms with Crippen LogP contribution in [0.3, 0.4) is 0 Å². The van der Waals surface area contributed by atoms with Gasteiger partial charge < -0.3 is 28.7 Å². The number of anilines is 6. The lowest BCUT2D eigenvalue weighted by atomic mass is 9.33. The standard InChI is InChI=1S/C46H45BN2O4S/c1-26-20-29(46(6,7)8)21-27(2)43(26)49-34-11-9-10-33-42(34)47(41-31-22-28(45(3,4)5)12-15-40(31)54-44(41)49)32-24-38-39(53-19-18-52-38)25-35(32)48(33)30-13-14-36-37(23-30)51-17-16-50-36/h9-15,20-25H,16-19H2,1-8H3. The summed E-state index contributed by atoms with van der Waals surface area (Å²) in [6.07, 6.45) is 0. The summed E-state index contributed by atoms with van der Waals surface area (Å²) < 4.78 is 26.0. The van der Waals surface area contributed by atoms with Crippen LogP contribution in [0.2, 0.25) is 0 Å². The van der Waals surface area contributed by atoms with Crippen molar-refractivity contribution in [1.29, 1.82) is 0 Å². The highest BCUT2D eigenvalue weighted by Gasteiger charge is 2.46. The summed E-state index contributed by atoms with van der Waals surface area (Å²) in [7, 11) is 0. The Morgan fingerprint density at radius 1 is 0.574 bits per heavy atom. The molecular weight excluding hydrogens is 687 g/mol. The van der Waals surface area contributed by atoms with Gasteiger partial charge in [0.25, 0.3) is 6.71 Å². The summed E-state index contributed by atoms with van der Waals surface area (Å²) in [4.78, 5) is 4.97. The molecule has 6 nitrogen and oxygen atoms in total. The average Bonchev–Trinajstić information content (AvgIpc) is 3.52. The van der Waals surface area contributed by atoms with Gasteiger partial charge in [-0.2, -0.15) is 0 Å². The summed E-state index contributed by atoms with van der Waals surface area (Å²) >= 11 is 1.90. The zero-order valence-electron chi connectivity index (χ0n) is 32.3. The lowest BCUT2D eigenvalue weighted by Gasteiger charge is -2.44. The molecule has 0 unspecified atom stereocenters. The molecule has 5 aromatic carbocycles. The zero-order chi connectivity index (χ0) is 37.3. The molecule has 0 aliphatic carbocycles. The predicted octanol–water partition coefficient (Wildman–Crippen LogP) is 9.74. The number of rotatable bonds is 2. The smallest absolute Gasteiger partial charge is 0.254 e. The number of ether oxygens (including phenoxy) is 4. The lowest BCUT2D eigenvalue weighted by molar-refractivity contribution is 0.171. The Hall–Kier alpha value is -5.08. The Bertz CT molecular complexity index is 2520. The molecule has 1 aromatic heterocycles. The topological polar surface area (TPSA) is 43.4 Å². The van der Waals surface area contributed by atoms with E-state index in [-0.39, 0.29) is 17.5 Å². The fraction of sp³-hybridized carbons (Fsp3) is 0.304. The molecule has 8 heteroatoms. The molecule has 4 aliphatic rings. The van der Waals surface area contributed by atoms with Crippen LogP contribution in [-0.4, -0.2) is 33.1 Å². The Morgan fingerprint density at radius 2 is 1.19 bits per heavy atom. The van der Waals surface area contributed by atoms with E-state index in [0.29, 0.717) is 26.4 Å². The third-order valence-electron chi connectivity index (χ3n) is 11.5. The van der Waals surface area contributed by atoms with Gasteiger partial charge in [-0.05, 0) is 105 Å². The van der Waals surface area contributed by atoms with Gasteiger partial charge >= 0.3 is 0 Å². The van der Waals surface area contributed by atoms with Crippen LogP contribution in [0.1, 0.15) is 63.8 Å². The number of aryl methyl sites for hydroxylation is 2. The quantitative estimate of drug-likeness (QED) is 0.165. The van der Waals surface area contributed by atoms with Crippen LogP contribution in [0.5, 0.6) is 23.0 Å². The van der Waals surface area contributed by atoms with Crippen molar-refractivity contribution in [2.24, 2.45) is 0 Å². The van der Waals surface area contributed by atoms with E-state index < -0.39 is 0 Å². The number of nitrogens with zero attached hydrogens (tertiary/aromatic N) is 2. The van der Waals surface area contributed by atoms with E-state index in [9.17, 15) is 0 Å². The Morgan fingerprint density at radius 3 is 1.85 bits per heavy atom. The van der Waals surface area contributed by atoms with Crippen molar-refractivity contribution < 1.29 is 18.9 Å². The third-order valence-corrected chi connectivity index (χ3v) is 12.7. The number of hydrogen-bond donors (Lipinski definition) is 0. The highest BCUT2D eigenvalue weighted by atomic mass is 32.1. The molecule has 272 valence electrons. The molecule has 0 radical (unpaired) electrons. The van der Waals surface area contributed by atoms with Crippen LogP contribution >= 0.6 is 11.3 Å². The monoisotopic (exact) mass is 732 g/mol. The fourth-order valence-corrected chi connectivity index (χ4v) is 10.1. The van der Waals surface area contributed by atoms with Gasteiger partial charge in [-0.3, -0.25) is 0 Å². The van der Waals surface area contributed by atoms with Crippen molar-refractivity contribution in [2.75, 3.05) is 36.2 Å². The van der Waals surface area contributed by atoms with E-state index >= 15 is 0 Å². The first-order chi connectivity index (χ1) is 25.9. The van der Waals surface area contributed by atoms with Gasteiger partial charge in [0.1, 0.15) is 26.4 Å². The molecule has 0 bridgehead atoms. The average molecular weight is 733 g/mol. The van der Waals surface area contributed by atoms with Gasteiger partial charge in [0.15, 0.2) is 23.0 Å². The molecule has 4 aliphatic heterocycles. The van der Waals surface area contributed by atoms with Crippen molar-refractivity contribution >= 4 is 78.0 Å². The second-order valence-electron chi connectivity index (χ2n) is 17.2. The van der Waals surface area contributed by atoms with Crippen molar-refractivity contribution in [3.8, 4) is 23.0 Å².